The van der Waals surface area contributed by atoms with Crippen molar-refractivity contribution in [2.24, 2.45) is 0 Å². The number of carbonyl (C=O) groups excluding carboxylic acids is 3. The molecule has 0 saturated carbocycles. The third-order valence-electron chi connectivity index (χ3n) is 18.3. The van der Waals surface area contributed by atoms with Crippen molar-refractivity contribution in [3.8, 4) is 81.1 Å². The summed E-state index contributed by atoms with van der Waals surface area (Å²) in [5, 5.41) is 60.9. The second-order valence-electron chi connectivity index (χ2n) is 26.1. The topological polar surface area (TPSA) is 275 Å². The van der Waals surface area contributed by atoms with Crippen molar-refractivity contribution in [3.63, 3.8) is 0 Å². The lowest BCUT2D eigenvalue weighted by atomic mass is 10.0. The Labute approximate surface area is 667 Å². The molecule has 12 rings (SSSR count). The highest BCUT2D eigenvalue weighted by Gasteiger charge is 2.35. The van der Waals surface area contributed by atoms with Crippen molar-refractivity contribution in [2.45, 2.75) is 113 Å². The van der Waals surface area contributed by atoms with Crippen LogP contribution in [0.4, 0.5) is 76.6 Å². The molecule has 0 spiro atoms. The minimum Gasteiger partial charge on any atom is -0.497 e. The van der Waals surface area contributed by atoms with E-state index in [1.165, 1.54) is 30.4 Å². The van der Waals surface area contributed by atoms with Crippen LogP contribution in [0.3, 0.4) is 0 Å². The molecular formula is C88H78F9N13O7. The quantitative estimate of drug-likeness (QED) is 0.0254. The average Bonchev–Trinajstić information content (AvgIpc) is 1.62. The van der Waals surface area contributed by atoms with Crippen LogP contribution < -0.4 is 26.0 Å². The zero-order chi connectivity index (χ0) is 85.2. The number of hydrogen-bond acceptors (Lipinski definition) is 13. The molecule has 12 aromatic rings. The zero-order valence-electron chi connectivity index (χ0n) is 64.8. The van der Waals surface area contributed by atoms with Crippen LogP contribution in [0.25, 0.3) is 88.6 Å². The van der Waals surface area contributed by atoms with Crippen molar-refractivity contribution < 1.29 is 72.8 Å². The second kappa shape index (κ2) is 38.0. The van der Waals surface area contributed by atoms with Gasteiger partial charge in [-0.05, 0) is 174 Å². The second-order valence-corrected chi connectivity index (χ2v) is 26.1. The number of amides is 3. The maximum absolute atomic E-state index is 13.2. The summed E-state index contributed by atoms with van der Waals surface area (Å²) in [6.45, 7) is 20.4. The van der Waals surface area contributed by atoms with Crippen LogP contribution in [-0.4, -0.2) is 63.0 Å². The van der Waals surface area contributed by atoms with Crippen LogP contribution >= 0.6 is 0 Å². The number of nitrogens with zero attached hydrogens (tertiary/aromatic N) is 9. The molecule has 20 nitrogen and oxygen atoms in total. The molecule has 0 unspecified atom stereocenters. The van der Waals surface area contributed by atoms with Gasteiger partial charge in [0.05, 0.1) is 110 Å². The van der Waals surface area contributed by atoms with E-state index in [-0.39, 0.29) is 12.7 Å². The smallest absolute Gasteiger partial charge is 0.416 e. The number of benzene rings is 8. The van der Waals surface area contributed by atoms with Crippen LogP contribution in [0.15, 0.2) is 194 Å². The van der Waals surface area contributed by atoms with Gasteiger partial charge >= 0.3 is 36.8 Å². The molecule has 600 valence electrons. The van der Waals surface area contributed by atoms with Gasteiger partial charge in [-0.15, -0.1) is 0 Å². The number of carbonyl (C=O) groups is 3. The van der Waals surface area contributed by atoms with E-state index in [2.05, 4.69) is 63.6 Å². The standard InChI is InChI=1S/2C22H20F3N3O2.C22H18F3N3O2.C22H20N4O/c1-4-28-19-11-15(22(23,24)25)7-10-17(19)18(12-26)20(28)14-5-8-16(9-6-14)27-21(29)30-13(2)3;2*1-3-11-30-21(29)27-16-8-5-14(6-9-16)20-18(13-26)17-10-7-15(22(23,24)25)12-19(17)28(20)4-2;1-4-26-21-13-18(27-3)9-10-19(21)20(14-24)22(26)16-5-7-17(8-6-16)25-15(2)11-12-23/h5-11,13H,4H2,1-3H3,(H,27,29);5-10,12H,3-4,11H2,1-2H3,(H,27,29);3,5-10,12H,1,4,11H2,2H3,(H,27,29);5-11,13,25H,4H2,1-3H3/b;;;15-11+. The number of alkyl halides is 9. The molecule has 0 aliphatic carbocycles. The number of methoxy groups -OCH3 is 1. The minimum absolute atomic E-state index is 0.0754. The number of ether oxygens (including phenoxy) is 4. The summed E-state index contributed by atoms with van der Waals surface area (Å²) in [6.07, 6.45) is -11.8. The van der Waals surface area contributed by atoms with Gasteiger partial charge in [-0.1, -0.05) is 86.3 Å². The largest absolute Gasteiger partial charge is 0.497 e. The van der Waals surface area contributed by atoms with Gasteiger partial charge < -0.3 is 42.5 Å². The number of halogens is 9. The van der Waals surface area contributed by atoms with Gasteiger partial charge in [-0.3, -0.25) is 16.0 Å². The molecule has 8 aromatic carbocycles. The minimum atomic E-state index is -4.47. The Hall–Kier alpha value is -14.4. The molecule has 117 heavy (non-hydrogen) atoms. The van der Waals surface area contributed by atoms with E-state index in [1.807, 2.05) is 76.2 Å². The van der Waals surface area contributed by atoms with Crippen LogP contribution in [0, 0.1) is 56.7 Å². The molecule has 29 heteroatoms. The Bertz CT molecular complexity index is 5920. The summed E-state index contributed by atoms with van der Waals surface area (Å²) in [6, 6.07) is 54.7. The Morgan fingerprint density at radius 1 is 0.436 bits per heavy atom. The van der Waals surface area contributed by atoms with Gasteiger partial charge in [0.2, 0.25) is 0 Å². The summed E-state index contributed by atoms with van der Waals surface area (Å²) in [5.74, 6) is 0.769. The number of nitriles is 5. The van der Waals surface area contributed by atoms with E-state index in [1.54, 1.807) is 114 Å². The van der Waals surface area contributed by atoms with E-state index in [0.717, 1.165) is 82.2 Å². The summed E-state index contributed by atoms with van der Waals surface area (Å²) in [5.41, 5.74) is 9.88. The molecule has 0 radical (unpaired) electrons. The van der Waals surface area contributed by atoms with Gasteiger partial charge in [0.1, 0.15) is 36.6 Å². The molecule has 3 amide bonds. The first-order valence-electron chi connectivity index (χ1n) is 36.6. The molecule has 0 atom stereocenters. The fourth-order valence-corrected chi connectivity index (χ4v) is 13.2. The lowest BCUT2D eigenvalue weighted by Crippen LogP contribution is -2.17. The molecule has 4 N–H and O–H groups in total. The van der Waals surface area contributed by atoms with Crippen LogP contribution in [0.1, 0.15) is 101 Å². The maximum atomic E-state index is 13.2. The van der Waals surface area contributed by atoms with E-state index < -0.39 is 53.5 Å². The number of hydrogen-bond donors (Lipinski definition) is 4. The SMILES string of the molecule is C=CCOC(=O)Nc1ccc(-c2c(C#N)c3ccc(C(F)(F)F)cc3n2CC)cc1.CCCOC(=O)Nc1ccc(-c2c(C#N)c3ccc(C(F)(F)F)cc3n2CC)cc1.CCn1c(-c2ccc(N/C(C)=C/C#N)cc2)c(C#N)c2ccc(OC)cc21.CCn1c(-c2ccc(NC(=O)OC(C)C)cc2)c(C#N)c2ccc(C(F)(F)F)cc21. The van der Waals surface area contributed by atoms with Gasteiger partial charge in [-0.2, -0.15) is 65.8 Å². The molecule has 0 aliphatic heterocycles. The predicted octanol–water partition coefficient (Wildman–Crippen LogP) is 23.4. The van der Waals surface area contributed by atoms with E-state index in [4.69, 9.17) is 24.2 Å². The normalized spacial score (nSPS) is 11.3. The average molecular weight is 1600 g/mol. The summed E-state index contributed by atoms with van der Waals surface area (Å²) in [7, 11) is 1.64. The molecule has 0 saturated heterocycles. The van der Waals surface area contributed by atoms with Crippen molar-refractivity contribution in [1.82, 2.24) is 18.3 Å². The highest BCUT2D eigenvalue weighted by atomic mass is 19.4. The summed E-state index contributed by atoms with van der Waals surface area (Å²) >= 11 is 0. The molecule has 4 aromatic heterocycles. The summed E-state index contributed by atoms with van der Waals surface area (Å²) < 4.78 is 146. The molecule has 0 aliphatic rings. The van der Waals surface area contributed by atoms with E-state index >= 15 is 0 Å². The van der Waals surface area contributed by atoms with Gasteiger partial charge in [0.15, 0.2) is 0 Å². The highest BCUT2D eigenvalue weighted by Crippen LogP contribution is 2.43. The number of aromatic nitrogens is 4. The number of fused-ring (bicyclic) bond motifs is 4. The lowest BCUT2D eigenvalue weighted by Gasteiger charge is -2.12. The highest BCUT2D eigenvalue weighted by molar-refractivity contribution is 5.99. The van der Waals surface area contributed by atoms with Crippen LogP contribution in [-0.2, 0) is 58.9 Å². The first kappa shape index (κ1) is 86.6. The van der Waals surface area contributed by atoms with Crippen molar-refractivity contribution >= 4 is 84.6 Å². The zero-order valence-corrected chi connectivity index (χ0v) is 64.8. The van der Waals surface area contributed by atoms with Crippen LogP contribution in [0.2, 0.25) is 0 Å². The Kier molecular flexibility index (Phi) is 28.1. The van der Waals surface area contributed by atoms with Crippen molar-refractivity contribution in [1.29, 1.82) is 26.3 Å². The molecular weight excluding hydrogens is 1520 g/mol. The molecule has 4 heterocycles. The van der Waals surface area contributed by atoms with Crippen molar-refractivity contribution in [2.75, 3.05) is 41.6 Å². The van der Waals surface area contributed by atoms with Crippen molar-refractivity contribution in [3.05, 3.63) is 233 Å². The Morgan fingerprint density at radius 3 is 1.01 bits per heavy atom. The summed E-state index contributed by atoms with van der Waals surface area (Å²) in [4.78, 5) is 35.1. The Balaban J connectivity index is 0.000000178. The van der Waals surface area contributed by atoms with Crippen LogP contribution in [0.5, 0.6) is 5.75 Å². The van der Waals surface area contributed by atoms with Gasteiger partial charge in [0, 0.05) is 88.3 Å². The third-order valence-corrected chi connectivity index (χ3v) is 18.3. The third kappa shape index (κ3) is 20.0. The molecule has 0 bridgehead atoms. The number of anilines is 4. The molecule has 0 fully saturated rings. The fraction of sp³-hybridized carbons (Fsp3) is 0.227. The lowest BCUT2D eigenvalue weighted by molar-refractivity contribution is -0.138. The number of aryl methyl sites for hydroxylation is 4. The monoisotopic (exact) mass is 1600 g/mol. The Morgan fingerprint density at radius 2 is 0.735 bits per heavy atom. The maximum Gasteiger partial charge on any atom is 0.416 e. The number of rotatable bonds is 19. The first-order valence-corrected chi connectivity index (χ1v) is 36.6. The van der Waals surface area contributed by atoms with E-state index in [0.29, 0.717) is 138 Å². The number of allylic oxidation sites excluding steroid dienone is 2. The number of nitrogens with one attached hydrogen (secondary N) is 4. The fourth-order valence-electron chi connectivity index (χ4n) is 13.2. The van der Waals surface area contributed by atoms with E-state index in [9.17, 15) is 74.9 Å². The predicted molar refractivity (Wildman–Crippen MR) is 431 cm³/mol. The first-order chi connectivity index (χ1) is 55.9. The van der Waals surface area contributed by atoms with Gasteiger partial charge in [-0.25, -0.2) is 14.4 Å². The van der Waals surface area contributed by atoms with Gasteiger partial charge in [0.25, 0.3) is 0 Å².